The molecule has 2 aromatic heterocycles. The fraction of sp³-hybridized carbons (Fsp3) is 0.147. The standard InChI is InChI=1S/C27H24F2N4O4S.C7H6FNO/c28-18-12-11-17(19(29)14-18)16-37-22-8-4-6-20-26(22)38-25(32-20)15-33-13-5-7-21(27(33)36)31-24(35)10-3-1-2-9-23(30)34;8-6-4-2-1-3-5(6)7(9)10/h2,4-9,11-14H,1,3,10,15-16H2,(H2,30,34)(H,31,35);1-4H,(H2,9,10)/b9-2+;. The molecule has 48 heavy (non-hydrogen) atoms. The van der Waals surface area contributed by atoms with Crippen LogP contribution in [0.15, 0.2) is 95.9 Å². The van der Waals surface area contributed by atoms with Crippen LogP contribution in [0.3, 0.4) is 0 Å². The number of hydrogen-bond acceptors (Lipinski definition) is 7. The van der Waals surface area contributed by atoms with E-state index in [2.05, 4.69) is 10.3 Å². The van der Waals surface area contributed by atoms with Crippen LogP contribution >= 0.6 is 11.3 Å². The normalized spacial score (nSPS) is 10.8. The molecule has 5 rings (SSSR count). The molecule has 5 aromatic rings. The lowest BCUT2D eigenvalue weighted by atomic mass is 10.2. The number of anilines is 1. The van der Waals surface area contributed by atoms with Gasteiger partial charge in [-0.15, -0.1) is 11.3 Å². The molecule has 0 saturated heterocycles. The summed E-state index contributed by atoms with van der Waals surface area (Å²) >= 11 is 1.33. The molecule has 3 amide bonds. The Morgan fingerprint density at radius 1 is 0.958 bits per heavy atom. The first-order valence-electron chi connectivity index (χ1n) is 14.5. The van der Waals surface area contributed by atoms with Gasteiger partial charge in [0.1, 0.15) is 40.5 Å². The van der Waals surface area contributed by atoms with Crippen LogP contribution in [0.2, 0.25) is 0 Å². The van der Waals surface area contributed by atoms with Gasteiger partial charge in [0.15, 0.2) is 0 Å². The van der Waals surface area contributed by atoms with E-state index in [9.17, 15) is 32.3 Å². The van der Waals surface area contributed by atoms with Gasteiger partial charge in [0.2, 0.25) is 11.8 Å². The second kappa shape index (κ2) is 16.7. The van der Waals surface area contributed by atoms with E-state index in [0.717, 1.165) is 10.8 Å². The molecule has 0 fully saturated rings. The number of pyridine rings is 1. The summed E-state index contributed by atoms with van der Waals surface area (Å²) in [4.78, 5) is 50.9. The van der Waals surface area contributed by atoms with Crippen molar-refractivity contribution in [2.75, 3.05) is 5.32 Å². The molecular weight excluding hydrogens is 647 g/mol. The highest BCUT2D eigenvalue weighted by Gasteiger charge is 2.13. The molecule has 2 heterocycles. The van der Waals surface area contributed by atoms with Crippen LogP contribution in [-0.2, 0) is 22.7 Å². The Kier molecular flexibility index (Phi) is 12.2. The Morgan fingerprint density at radius 2 is 1.75 bits per heavy atom. The van der Waals surface area contributed by atoms with E-state index in [1.807, 2.05) is 0 Å². The SMILES string of the molecule is NC(=O)/C=C/CCCC(=O)Nc1cccn(Cc2nc3cccc(OCc4ccc(F)cc4F)c3s2)c1=O.NC(=O)c1ccccc1F. The van der Waals surface area contributed by atoms with E-state index in [0.29, 0.717) is 29.1 Å². The number of rotatable bonds is 12. The van der Waals surface area contributed by atoms with Crippen LogP contribution in [0.4, 0.5) is 18.9 Å². The van der Waals surface area contributed by atoms with E-state index in [1.54, 1.807) is 42.6 Å². The maximum Gasteiger partial charge on any atom is 0.274 e. The summed E-state index contributed by atoms with van der Waals surface area (Å²) in [6, 6.07) is 17.4. The van der Waals surface area contributed by atoms with Crippen molar-refractivity contribution in [3.8, 4) is 5.75 Å². The lowest BCUT2D eigenvalue weighted by Gasteiger charge is -2.08. The molecule has 0 atom stereocenters. The zero-order valence-electron chi connectivity index (χ0n) is 25.3. The number of amides is 3. The van der Waals surface area contributed by atoms with Gasteiger partial charge >= 0.3 is 0 Å². The number of nitrogens with zero attached hydrogens (tertiary/aromatic N) is 2. The summed E-state index contributed by atoms with van der Waals surface area (Å²) in [7, 11) is 0. The van der Waals surface area contributed by atoms with Crippen LogP contribution in [0.5, 0.6) is 5.75 Å². The molecule has 0 spiro atoms. The molecule has 0 saturated carbocycles. The van der Waals surface area contributed by atoms with Crippen LogP contribution in [-0.4, -0.2) is 27.3 Å². The van der Waals surface area contributed by atoms with Gasteiger partial charge in [-0.25, -0.2) is 18.2 Å². The number of thiazole rings is 1. The average Bonchev–Trinajstić information content (AvgIpc) is 3.46. The number of carbonyl (C=O) groups is 3. The third-order valence-electron chi connectivity index (χ3n) is 6.62. The average molecular weight is 678 g/mol. The third-order valence-corrected chi connectivity index (χ3v) is 7.69. The highest BCUT2D eigenvalue weighted by molar-refractivity contribution is 7.19. The van der Waals surface area contributed by atoms with Gasteiger partial charge in [-0.3, -0.25) is 19.2 Å². The molecular formula is C34H30F3N5O5S. The number of carbonyl (C=O) groups excluding carboxylic acids is 3. The minimum absolute atomic E-state index is 0.0671. The fourth-order valence-corrected chi connectivity index (χ4v) is 5.33. The van der Waals surface area contributed by atoms with Crippen LogP contribution in [0.25, 0.3) is 10.2 Å². The highest BCUT2D eigenvalue weighted by atomic mass is 32.1. The minimum atomic E-state index is -0.738. The molecule has 0 radical (unpaired) electrons. The third kappa shape index (κ3) is 9.87. The lowest BCUT2D eigenvalue weighted by molar-refractivity contribution is -0.116. The maximum atomic E-state index is 14.0. The first-order chi connectivity index (χ1) is 23.0. The monoisotopic (exact) mass is 677 g/mol. The molecule has 0 unspecified atom stereocenters. The topological polar surface area (TPSA) is 159 Å². The van der Waals surface area contributed by atoms with Crippen molar-refractivity contribution >= 4 is 45.0 Å². The van der Waals surface area contributed by atoms with E-state index >= 15 is 0 Å². The van der Waals surface area contributed by atoms with Gasteiger partial charge in [-0.05, 0) is 67.4 Å². The van der Waals surface area contributed by atoms with Crippen molar-refractivity contribution in [3.63, 3.8) is 0 Å². The second-order valence-corrected chi connectivity index (χ2v) is 11.3. The summed E-state index contributed by atoms with van der Waals surface area (Å²) in [5.74, 6) is -3.02. The lowest BCUT2D eigenvalue weighted by Crippen LogP contribution is -2.25. The van der Waals surface area contributed by atoms with Gasteiger partial charge in [-0.2, -0.15) is 0 Å². The molecule has 0 aliphatic heterocycles. The number of hydrogen-bond donors (Lipinski definition) is 3. The Labute approximate surface area is 276 Å². The van der Waals surface area contributed by atoms with Crippen molar-refractivity contribution < 1.29 is 32.3 Å². The summed E-state index contributed by atoms with van der Waals surface area (Å²) in [6.45, 7) is 0.0902. The smallest absolute Gasteiger partial charge is 0.274 e. The summed E-state index contributed by atoms with van der Waals surface area (Å²) < 4.78 is 47.7. The van der Waals surface area contributed by atoms with E-state index in [4.69, 9.17) is 16.2 Å². The van der Waals surface area contributed by atoms with Crippen LogP contribution < -0.4 is 27.1 Å². The number of benzene rings is 3. The summed E-state index contributed by atoms with van der Waals surface area (Å²) in [6.07, 6.45) is 5.64. The number of halogens is 3. The van der Waals surface area contributed by atoms with Gasteiger partial charge < -0.3 is 26.1 Å². The number of allylic oxidation sites excluding steroid dienone is 1. The Balaban J connectivity index is 0.000000445. The van der Waals surface area contributed by atoms with Crippen molar-refractivity contribution in [3.05, 3.63) is 135 Å². The first-order valence-corrected chi connectivity index (χ1v) is 15.3. The summed E-state index contributed by atoms with van der Waals surface area (Å²) in [5.41, 5.74) is 10.4. The quantitative estimate of drug-likeness (QED) is 0.118. The van der Waals surface area contributed by atoms with E-state index < -0.39 is 29.3 Å². The molecule has 248 valence electrons. The molecule has 0 aliphatic carbocycles. The molecule has 0 bridgehead atoms. The molecule has 14 heteroatoms. The number of ether oxygens (including phenoxy) is 1. The van der Waals surface area contributed by atoms with E-state index in [-0.39, 0.29) is 47.9 Å². The van der Waals surface area contributed by atoms with Crippen molar-refractivity contribution in [1.82, 2.24) is 9.55 Å². The fourth-order valence-electron chi connectivity index (χ4n) is 4.30. The van der Waals surface area contributed by atoms with Gasteiger partial charge in [0.05, 0.1) is 22.3 Å². The largest absolute Gasteiger partial charge is 0.487 e. The Hall–Kier alpha value is -5.76. The van der Waals surface area contributed by atoms with Gasteiger partial charge in [0, 0.05) is 24.2 Å². The number of nitrogens with one attached hydrogen (secondary N) is 1. The second-order valence-electron chi connectivity index (χ2n) is 10.2. The predicted molar refractivity (Wildman–Crippen MR) is 176 cm³/mol. The number of aromatic nitrogens is 2. The van der Waals surface area contributed by atoms with Crippen molar-refractivity contribution in [2.24, 2.45) is 11.5 Å². The summed E-state index contributed by atoms with van der Waals surface area (Å²) in [5, 5.41) is 3.27. The van der Waals surface area contributed by atoms with Crippen LogP contribution in [0, 0.1) is 17.5 Å². The molecule has 5 N–H and O–H groups in total. The van der Waals surface area contributed by atoms with Crippen molar-refractivity contribution in [1.29, 1.82) is 0 Å². The number of unbranched alkanes of at least 4 members (excludes halogenated alkanes) is 1. The minimum Gasteiger partial charge on any atom is -0.487 e. The number of fused-ring (bicyclic) bond motifs is 1. The van der Waals surface area contributed by atoms with E-state index in [1.165, 1.54) is 58.4 Å². The zero-order chi connectivity index (χ0) is 34.6. The first kappa shape index (κ1) is 35.1. The Morgan fingerprint density at radius 3 is 2.46 bits per heavy atom. The van der Waals surface area contributed by atoms with Crippen molar-refractivity contribution in [2.45, 2.75) is 32.4 Å². The Bertz CT molecular complexity index is 2030. The van der Waals surface area contributed by atoms with Gasteiger partial charge in [-0.1, -0.05) is 24.3 Å². The van der Waals surface area contributed by atoms with Gasteiger partial charge in [0.25, 0.3) is 11.5 Å². The predicted octanol–water partition coefficient (Wildman–Crippen LogP) is 5.44. The number of nitrogens with two attached hydrogens (primary N) is 2. The van der Waals surface area contributed by atoms with Crippen LogP contribution in [0.1, 0.15) is 40.2 Å². The number of primary amides is 2. The maximum absolute atomic E-state index is 14.0. The molecule has 3 aromatic carbocycles. The molecule has 0 aliphatic rings. The highest BCUT2D eigenvalue weighted by Crippen LogP contribution is 2.32. The zero-order valence-corrected chi connectivity index (χ0v) is 26.1. The molecule has 10 nitrogen and oxygen atoms in total.